The van der Waals surface area contributed by atoms with E-state index in [2.05, 4.69) is 0 Å². The Labute approximate surface area is 66.5 Å². The van der Waals surface area contributed by atoms with Gasteiger partial charge >= 0.3 is 5.97 Å². The van der Waals surface area contributed by atoms with Gasteiger partial charge in [-0.05, 0) is 19.8 Å². The zero-order chi connectivity index (χ0) is 8.10. The van der Waals surface area contributed by atoms with Crippen LogP contribution in [0.1, 0.15) is 19.8 Å². The summed E-state index contributed by atoms with van der Waals surface area (Å²) in [7, 11) is 0. The first-order chi connectivity index (χ1) is 5.34. The molecule has 0 saturated heterocycles. The van der Waals surface area contributed by atoms with Gasteiger partial charge in [-0.15, -0.1) is 0 Å². The number of rotatable bonds is 2. The van der Waals surface area contributed by atoms with Crippen molar-refractivity contribution in [2.75, 3.05) is 0 Å². The highest BCUT2D eigenvalue weighted by Gasteiger charge is 2.09. The van der Waals surface area contributed by atoms with Crippen molar-refractivity contribution in [3.05, 3.63) is 30.4 Å². The highest BCUT2D eigenvalue weighted by atomic mass is 16.5. The topological polar surface area (TPSA) is 26.3 Å². The van der Waals surface area contributed by atoms with Crippen LogP contribution in [0.5, 0.6) is 0 Å². The highest BCUT2D eigenvalue weighted by molar-refractivity contribution is 5.89. The van der Waals surface area contributed by atoms with Crippen molar-refractivity contribution in [3.63, 3.8) is 0 Å². The molecule has 11 heavy (non-hydrogen) atoms. The van der Waals surface area contributed by atoms with Crippen molar-refractivity contribution >= 4 is 5.97 Å². The molecule has 0 unspecified atom stereocenters. The van der Waals surface area contributed by atoms with E-state index in [0.29, 0.717) is 6.42 Å². The minimum absolute atomic E-state index is 0.225. The standard InChI is InChI=1S/C9H11O2/c1-2-11-9(10)8-6-4-3-5-7-8/h2-4,7H,5-6H2,1H3. The largest absolute Gasteiger partial charge is 0.455 e. The molecule has 1 radical (unpaired) electrons. The van der Waals surface area contributed by atoms with Crippen LogP contribution < -0.4 is 0 Å². The van der Waals surface area contributed by atoms with Crippen LogP contribution in [0.4, 0.5) is 0 Å². The molecular formula is C9H11O2. The van der Waals surface area contributed by atoms with Crippen molar-refractivity contribution < 1.29 is 9.53 Å². The first-order valence-corrected chi connectivity index (χ1v) is 3.67. The molecule has 0 saturated carbocycles. The van der Waals surface area contributed by atoms with E-state index in [-0.39, 0.29) is 5.97 Å². The van der Waals surface area contributed by atoms with Crippen molar-refractivity contribution in [2.24, 2.45) is 0 Å². The number of ether oxygens (including phenoxy) is 1. The molecule has 2 nitrogen and oxygen atoms in total. The molecule has 0 aromatic carbocycles. The van der Waals surface area contributed by atoms with Gasteiger partial charge in [0.1, 0.15) is 6.61 Å². The zero-order valence-corrected chi connectivity index (χ0v) is 6.54. The lowest BCUT2D eigenvalue weighted by atomic mass is 10.1. The van der Waals surface area contributed by atoms with Crippen molar-refractivity contribution in [3.8, 4) is 0 Å². The average molecular weight is 151 g/mol. The molecule has 0 aliphatic heterocycles. The fraction of sp³-hybridized carbons (Fsp3) is 0.333. The number of hydrogen-bond donors (Lipinski definition) is 0. The van der Waals surface area contributed by atoms with Crippen LogP contribution in [-0.4, -0.2) is 5.97 Å². The van der Waals surface area contributed by atoms with E-state index >= 15 is 0 Å². The van der Waals surface area contributed by atoms with E-state index in [0.717, 1.165) is 12.0 Å². The summed E-state index contributed by atoms with van der Waals surface area (Å²) in [6.07, 6.45) is 7.45. The smallest absolute Gasteiger partial charge is 0.334 e. The predicted octanol–water partition coefficient (Wildman–Crippen LogP) is 1.99. The maximum Gasteiger partial charge on any atom is 0.334 e. The van der Waals surface area contributed by atoms with E-state index in [1.54, 1.807) is 6.92 Å². The average Bonchev–Trinajstić information content (AvgIpc) is 2.07. The molecule has 1 aliphatic carbocycles. The molecule has 0 amide bonds. The molecule has 0 spiro atoms. The molecular weight excluding hydrogens is 140 g/mol. The highest BCUT2D eigenvalue weighted by Crippen LogP contribution is 2.12. The minimum Gasteiger partial charge on any atom is -0.455 e. The second-order valence-electron chi connectivity index (χ2n) is 2.28. The predicted molar refractivity (Wildman–Crippen MR) is 42.5 cm³/mol. The zero-order valence-electron chi connectivity index (χ0n) is 6.54. The van der Waals surface area contributed by atoms with Gasteiger partial charge in [0.15, 0.2) is 0 Å². The van der Waals surface area contributed by atoms with E-state index in [1.165, 1.54) is 6.61 Å². The van der Waals surface area contributed by atoms with Gasteiger partial charge in [-0.1, -0.05) is 18.2 Å². The third kappa shape index (κ3) is 2.22. The Bertz CT molecular complexity index is 202. The van der Waals surface area contributed by atoms with Gasteiger partial charge in [-0.3, -0.25) is 0 Å². The summed E-state index contributed by atoms with van der Waals surface area (Å²) in [6.45, 7) is 3.10. The normalized spacial score (nSPS) is 15.9. The number of carbonyl (C=O) groups excluding carboxylic acids is 1. The van der Waals surface area contributed by atoms with Gasteiger partial charge in [0.2, 0.25) is 0 Å². The fourth-order valence-electron chi connectivity index (χ4n) is 0.950. The van der Waals surface area contributed by atoms with Crippen LogP contribution in [0.2, 0.25) is 0 Å². The molecule has 59 valence electrons. The molecule has 0 aromatic heterocycles. The maximum absolute atomic E-state index is 11.0. The Kier molecular flexibility index (Phi) is 2.90. The van der Waals surface area contributed by atoms with Gasteiger partial charge in [-0.2, -0.15) is 0 Å². The van der Waals surface area contributed by atoms with E-state index in [1.807, 2.05) is 18.2 Å². The molecule has 0 fully saturated rings. The number of carbonyl (C=O) groups is 1. The lowest BCUT2D eigenvalue weighted by molar-refractivity contribution is -0.135. The van der Waals surface area contributed by atoms with Gasteiger partial charge < -0.3 is 4.74 Å². The Morgan fingerprint density at radius 2 is 2.45 bits per heavy atom. The van der Waals surface area contributed by atoms with Crippen LogP contribution in [0.25, 0.3) is 0 Å². The van der Waals surface area contributed by atoms with Crippen molar-refractivity contribution in [2.45, 2.75) is 19.8 Å². The summed E-state index contributed by atoms with van der Waals surface area (Å²) in [4.78, 5) is 11.0. The molecule has 0 atom stereocenters. The van der Waals surface area contributed by atoms with Crippen molar-refractivity contribution in [1.29, 1.82) is 0 Å². The van der Waals surface area contributed by atoms with Crippen LogP contribution >= 0.6 is 0 Å². The summed E-state index contributed by atoms with van der Waals surface area (Å²) in [5, 5.41) is 0. The summed E-state index contributed by atoms with van der Waals surface area (Å²) in [5.41, 5.74) is 0.755. The van der Waals surface area contributed by atoms with Gasteiger partial charge in [-0.25, -0.2) is 4.79 Å². The monoisotopic (exact) mass is 151 g/mol. The second kappa shape index (κ2) is 3.96. The Balaban J connectivity index is 2.46. The summed E-state index contributed by atoms with van der Waals surface area (Å²) >= 11 is 0. The molecule has 0 N–H and O–H groups in total. The van der Waals surface area contributed by atoms with Gasteiger partial charge in [0.25, 0.3) is 0 Å². The van der Waals surface area contributed by atoms with Crippen LogP contribution in [0, 0.1) is 6.61 Å². The number of allylic oxidation sites excluding steroid dienone is 3. The number of hydrogen-bond acceptors (Lipinski definition) is 2. The second-order valence-corrected chi connectivity index (χ2v) is 2.28. The van der Waals surface area contributed by atoms with Crippen LogP contribution in [-0.2, 0) is 9.53 Å². The molecule has 2 heteroatoms. The van der Waals surface area contributed by atoms with Crippen molar-refractivity contribution in [1.82, 2.24) is 0 Å². The quantitative estimate of drug-likeness (QED) is 0.445. The first-order valence-electron chi connectivity index (χ1n) is 3.67. The third-order valence-electron chi connectivity index (χ3n) is 1.49. The van der Waals surface area contributed by atoms with E-state index in [4.69, 9.17) is 4.74 Å². The van der Waals surface area contributed by atoms with Crippen LogP contribution in [0.3, 0.4) is 0 Å². The summed E-state index contributed by atoms with van der Waals surface area (Å²) < 4.78 is 4.72. The fourth-order valence-corrected chi connectivity index (χ4v) is 0.950. The Morgan fingerprint density at radius 3 is 3.00 bits per heavy atom. The SMILES string of the molecule is C[CH]OC(=O)C1=CCC=CC1. The van der Waals surface area contributed by atoms with Crippen LogP contribution in [0.15, 0.2) is 23.8 Å². The third-order valence-corrected chi connectivity index (χ3v) is 1.49. The van der Waals surface area contributed by atoms with Gasteiger partial charge in [0.05, 0.1) is 0 Å². The minimum atomic E-state index is -0.225. The summed E-state index contributed by atoms with van der Waals surface area (Å²) in [5.74, 6) is -0.225. The van der Waals surface area contributed by atoms with Gasteiger partial charge in [0, 0.05) is 5.57 Å². The van der Waals surface area contributed by atoms with E-state index < -0.39 is 0 Å². The first kappa shape index (κ1) is 8.05. The lowest BCUT2D eigenvalue weighted by Crippen LogP contribution is -2.05. The molecule has 0 heterocycles. The lowest BCUT2D eigenvalue weighted by Gasteiger charge is -2.05. The number of esters is 1. The Morgan fingerprint density at radius 1 is 1.64 bits per heavy atom. The Hall–Kier alpha value is -1.05. The molecule has 0 aromatic rings. The van der Waals surface area contributed by atoms with E-state index in [9.17, 15) is 4.79 Å². The molecule has 0 bridgehead atoms. The molecule has 1 aliphatic rings. The summed E-state index contributed by atoms with van der Waals surface area (Å²) in [6, 6.07) is 0. The maximum atomic E-state index is 11.0. The molecule has 1 rings (SSSR count).